The lowest BCUT2D eigenvalue weighted by atomic mass is 9.95. The molecule has 0 fully saturated rings. The summed E-state index contributed by atoms with van der Waals surface area (Å²) in [6.07, 6.45) is 1.43. The summed E-state index contributed by atoms with van der Waals surface area (Å²) in [5.41, 5.74) is 4.04. The molecule has 36 heavy (non-hydrogen) atoms. The van der Waals surface area contributed by atoms with Gasteiger partial charge in [-0.3, -0.25) is 4.79 Å². The fraction of sp³-hybridized carbons (Fsp3) is 0.360. The monoisotopic (exact) mass is 513 g/mol. The lowest BCUT2D eigenvalue weighted by Gasteiger charge is -2.30. The molecule has 1 aromatic carbocycles. The number of nitrogens with zero attached hydrogens (tertiary/aromatic N) is 2. The maximum absolute atomic E-state index is 12.7. The van der Waals surface area contributed by atoms with Crippen molar-refractivity contribution < 1.29 is 23.5 Å². The molecule has 3 rings (SSSR count). The van der Waals surface area contributed by atoms with Gasteiger partial charge in [0, 0.05) is 30.4 Å². The number of nitrogens with one attached hydrogen (secondary N) is 3. The van der Waals surface area contributed by atoms with Crippen molar-refractivity contribution in [3.8, 4) is 5.75 Å². The molecule has 0 aliphatic carbocycles. The zero-order chi connectivity index (χ0) is 26.1. The Morgan fingerprint density at radius 1 is 1.19 bits per heavy atom. The quantitative estimate of drug-likeness (QED) is 0.180. The summed E-state index contributed by atoms with van der Waals surface area (Å²) in [6, 6.07) is 10.1. The van der Waals surface area contributed by atoms with E-state index in [1.54, 1.807) is 38.1 Å². The van der Waals surface area contributed by atoms with Gasteiger partial charge in [-0.05, 0) is 52.0 Å². The number of ether oxygens (including phenoxy) is 2. The number of carbonyl (C=O) groups excluding carboxylic acids is 2. The van der Waals surface area contributed by atoms with Crippen LogP contribution in [0.2, 0.25) is 0 Å². The van der Waals surface area contributed by atoms with Crippen LogP contribution in [0.25, 0.3) is 0 Å². The molecule has 0 spiro atoms. The van der Waals surface area contributed by atoms with Crippen molar-refractivity contribution in [2.24, 2.45) is 5.10 Å². The summed E-state index contributed by atoms with van der Waals surface area (Å²) in [5, 5.41) is 10.4. The molecule has 2 heterocycles. The topological polar surface area (TPSA) is 117 Å². The zero-order valence-corrected chi connectivity index (χ0v) is 21.6. The highest BCUT2D eigenvalue weighted by Gasteiger charge is 2.32. The first kappa shape index (κ1) is 26.7. The summed E-state index contributed by atoms with van der Waals surface area (Å²) < 4.78 is 16.7. The van der Waals surface area contributed by atoms with Gasteiger partial charge in [-0.25, -0.2) is 10.2 Å². The van der Waals surface area contributed by atoms with Gasteiger partial charge in [0.05, 0.1) is 24.4 Å². The number of benzene rings is 1. The van der Waals surface area contributed by atoms with E-state index in [1.807, 2.05) is 26.0 Å². The van der Waals surface area contributed by atoms with Gasteiger partial charge < -0.3 is 29.4 Å². The summed E-state index contributed by atoms with van der Waals surface area (Å²) in [4.78, 5) is 27.1. The Bertz CT molecular complexity index is 1160. The van der Waals surface area contributed by atoms with E-state index in [4.69, 9.17) is 26.1 Å². The molecule has 0 saturated heterocycles. The molecular weight excluding hydrogens is 482 g/mol. The van der Waals surface area contributed by atoms with Crippen molar-refractivity contribution in [1.29, 1.82) is 0 Å². The minimum Gasteiger partial charge on any atom is -0.483 e. The zero-order valence-electron chi connectivity index (χ0n) is 20.8. The second-order valence-corrected chi connectivity index (χ2v) is 8.17. The van der Waals surface area contributed by atoms with Crippen molar-refractivity contribution in [1.82, 2.24) is 16.1 Å². The van der Waals surface area contributed by atoms with Crippen molar-refractivity contribution in [3.05, 3.63) is 59.0 Å². The van der Waals surface area contributed by atoms with Crippen LogP contribution in [0, 0.1) is 0 Å². The molecule has 10 nitrogen and oxygen atoms in total. The molecule has 1 aliphatic rings. The van der Waals surface area contributed by atoms with E-state index in [0.717, 1.165) is 19.0 Å². The van der Waals surface area contributed by atoms with Crippen LogP contribution in [-0.2, 0) is 14.3 Å². The fourth-order valence-corrected chi connectivity index (χ4v) is 3.99. The number of rotatable bonds is 11. The average Bonchev–Trinajstić information content (AvgIpc) is 3.32. The Kier molecular flexibility index (Phi) is 9.46. The molecule has 1 aromatic heterocycles. The normalized spacial score (nSPS) is 15.3. The largest absolute Gasteiger partial charge is 0.483 e. The summed E-state index contributed by atoms with van der Waals surface area (Å²) in [7, 11) is 0. The molecule has 0 bridgehead atoms. The third-order valence-electron chi connectivity index (χ3n) is 5.42. The van der Waals surface area contributed by atoms with Crippen LogP contribution in [0.15, 0.2) is 57.2 Å². The van der Waals surface area contributed by atoms with Crippen LogP contribution >= 0.6 is 12.2 Å². The smallest absolute Gasteiger partial charge is 0.338 e. The molecule has 1 amide bonds. The van der Waals surface area contributed by atoms with Crippen molar-refractivity contribution in [2.75, 3.05) is 31.2 Å². The third kappa shape index (κ3) is 6.63. The summed E-state index contributed by atoms with van der Waals surface area (Å²) in [6.45, 7) is 9.18. The highest BCUT2D eigenvalue weighted by Crippen LogP contribution is 2.33. The highest BCUT2D eigenvalue weighted by atomic mass is 32.1. The Balaban J connectivity index is 1.66. The van der Waals surface area contributed by atoms with Crippen LogP contribution in [0.1, 0.15) is 45.1 Å². The van der Waals surface area contributed by atoms with E-state index in [9.17, 15) is 9.59 Å². The fourth-order valence-electron chi connectivity index (χ4n) is 3.72. The number of hydrogen-bond donors (Lipinski definition) is 3. The first-order chi connectivity index (χ1) is 17.4. The number of allylic oxidation sites excluding steroid dienone is 1. The van der Waals surface area contributed by atoms with Crippen LogP contribution in [0.3, 0.4) is 0 Å². The second kappa shape index (κ2) is 12.7. The van der Waals surface area contributed by atoms with Gasteiger partial charge in [-0.15, -0.1) is 0 Å². The Morgan fingerprint density at radius 2 is 1.94 bits per heavy atom. The number of amides is 1. The predicted octanol–water partition coefficient (Wildman–Crippen LogP) is 3.01. The molecular formula is C25H31N5O5S. The van der Waals surface area contributed by atoms with E-state index in [-0.39, 0.29) is 13.2 Å². The molecule has 3 N–H and O–H groups in total. The number of thiocarbonyl (C=S) groups is 1. The second-order valence-electron chi connectivity index (χ2n) is 7.76. The van der Waals surface area contributed by atoms with Crippen molar-refractivity contribution >= 4 is 41.3 Å². The molecule has 0 saturated carbocycles. The molecule has 192 valence electrons. The maximum atomic E-state index is 12.7. The lowest BCUT2D eigenvalue weighted by Crippen LogP contribution is -2.45. The number of hydrazone groups is 1. The van der Waals surface area contributed by atoms with Gasteiger partial charge in [0.1, 0.15) is 11.5 Å². The molecule has 1 atom stereocenters. The van der Waals surface area contributed by atoms with Crippen LogP contribution < -0.4 is 25.7 Å². The molecule has 0 unspecified atom stereocenters. The van der Waals surface area contributed by atoms with Crippen LogP contribution in [0.4, 0.5) is 5.88 Å². The SMILES string of the molecule is CCOC(=O)C1=C(C)NC(=S)N[C@H]1c1ccccc1OCC(=O)NN=Cc1ccc(N(CC)CC)o1. The predicted molar refractivity (Wildman–Crippen MR) is 141 cm³/mol. The molecule has 2 aromatic rings. The first-order valence-corrected chi connectivity index (χ1v) is 12.1. The van der Waals surface area contributed by atoms with Crippen molar-refractivity contribution in [3.63, 3.8) is 0 Å². The highest BCUT2D eigenvalue weighted by molar-refractivity contribution is 7.80. The van der Waals surface area contributed by atoms with Gasteiger partial charge in [0.25, 0.3) is 5.91 Å². The van der Waals surface area contributed by atoms with Crippen molar-refractivity contribution in [2.45, 2.75) is 33.7 Å². The number of esters is 1. The first-order valence-electron chi connectivity index (χ1n) is 11.7. The standard InChI is InChI=1S/C25H31N5O5S/c1-5-30(6-2)21-13-12-17(35-21)14-26-29-20(31)15-34-19-11-9-8-10-18(19)23-22(24(32)33-7-3)16(4)27-25(36)28-23/h8-14,23H,5-7,15H2,1-4H3,(H,29,31)(H2,27,28,36)/t23-/m0/s1. The number of furan rings is 1. The Morgan fingerprint density at radius 3 is 2.67 bits per heavy atom. The Labute approximate surface area is 215 Å². The number of anilines is 1. The Hall–Kier alpha value is -3.86. The van der Waals surface area contributed by atoms with Crippen LogP contribution in [-0.4, -0.2) is 49.5 Å². The number of para-hydroxylation sites is 1. The van der Waals surface area contributed by atoms with E-state index in [1.165, 1.54) is 6.21 Å². The number of carbonyl (C=O) groups is 2. The van der Waals surface area contributed by atoms with E-state index in [0.29, 0.717) is 33.5 Å². The van der Waals surface area contributed by atoms with E-state index >= 15 is 0 Å². The maximum Gasteiger partial charge on any atom is 0.338 e. The van der Waals surface area contributed by atoms with Gasteiger partial charge in [-0.1, -0.05) is 18.2 Å². The minimum absolute atomic E-state index is 0.237. The molecule has 11 heteroatoms. The molecule has 1 aliphatic heterocycles. The van der Waals surface area contributed by atoms with Gasteiger partial charge in [0.15, 0.2) is 17.6 Å². The summed E-state index contributed by atoms with van der Waals surface area (Å²) >= 11 is 5.29. The number of hydrogen-bond acceptors (Lipinski definition) is 8. The van der Waals surface area contributed by atoms with Gasteiger partial charge in [-0.2, -0.15) is 5.10 Å². The molecule has 0 radical (unpaired) electrons. The van der Waals surface area contributed by atoms with Crippen LogP contribution in [0.5, 0.6) is 5.75 Å². The third-order valence-corrected chi connectivity index (χ3v) is 5.64. The van der Waals surface area contributed by atoms with E-state index < -0.39 is 17.9 Å². The minimum atomic E-state index is -0.603. The summed E-state index contributed by atoms with van der Waals surface area (Å²) in [5.74, 6) is 0.757. The average molecular weight is 514 g/mol. The lowest BCUT2D eigenvalue weighted by molar-refractivity contribution is -0.139. The van der Waals surface area contributed by atoms with Gasteiger partial charge in [0.2, 0.25) is 0 Å². The van der Waals surface area contributed by atoms with Gasteiger partial charge >= 0.3 is 5.97 Å². The van der Waals surface area contributed by atoms with E-state index in [2.05, 4.69) is 26.1 Å².